The average Bonchev–Trinajstić information content (AvgIpc) is 3.26. The van der Waals surface area contributed by atoms with Gasteiger partial charge < -0.3 is 5.32 Å². The van der Waals surface area contributed by atoms with E-state index >= 15 is 0 Å². The summed E-state index contributed by atoms with van der Waals surface area (Å²) in [4.78, 5) is 0. The van der Waals surface area contributed by atoms with Crippen molar-refractivity contribution in [1.82, 2.24) is 5.32 Å². The highest BCUT2D eigenvalue weighted by Gasteiger charge is 2.23. The van der Waals surface area contributed by atoms with E-state index in [-0.39, 0.29) is 0 Å². The maximum absolute atomic E-state index is 3.58. The number of nitrogens with one attached hydrogen (secondary N) is 1. The van der Waals surface area contributed by atoms with E-state index in [9.17, 15) is 0 Å². The van der Waals surface area contributed by atoms with Crippen molar-refractivity contribution in [2.75, 3.05) is 0 Å². The van der Waals surface area contributed by atoms with Gasteiger partial charge in [-0.25, -0.2) is 0 Å². The first kappa shape index (κ1) is 12.9. The van der Waals surface area contributed by atoms with Crippen molar-refractivity contribution >= 4 is 15.9 Å². The molecule has 0 bridgehead atoms. The molecule has 1 aliphatic rings. The molecule has 0 aromatic heterocycles. The molecule has 0 aliphatic heterocycles. The zero-order chi connectivity index (χ0) is 13.1. The SMILES string of the molecule is Brc1ccccc1CNCc1cccc(C2CC2)c1. The molecule has 3 rings (SSSR count). The van der Waals surface area contributed by atoms with Gasteiger partial charge in [-0.2, -0.15) is 0 Å². The van der Waals surface area contributed by atoms with Crippen molar-refractivity contribution in [3.8, 4) is 0 Å². The van der Waals surface area contributed by atoms with Crippen LogP contribution in [0.15, 0.2) is 53.0 Å². The maximum Gasteiger partial charge on any atom is 0.0220 e. The van der Waals surface area contributed by atoms with Crippen LogP contribution in [0.2, 0.25) is 0 Å². The second-order valence-electron chi connectivity index (χ2n) is 5.21. The monoisotopic (exact) mass is 315 g/mol. The van der Waals surface area contributed by atoms with Gasteiger partial charge in [0.1, 0.15) is 0 Å². The van der Waals surface area contributed by atoms with Gasteiger partial charge in [-0.05, 0) is 41.5 Å². The summed E-state index contributed by atoms with van der Waals surface area (Å²) in [6.45, 7) is 1.83. The molecule has 0 atom stereocenters. The average molecular weight is 316 g/mol. The van der Waals surface area contributed by atoms with Crippen LogP contribution in [0.1, 0.15) is 35.4 Å². The van der Waals surface area contributed by atoms with E-state index in [1.165, 1.54) is 34.0 Å². The predicted octanol–water partition coefficient (Wildman–Crippen LogP) is 4.62. The summed E-state index contributed by atoms with van der Waals surface area (Å²) in [6, 6.07) is 17.4. The van der Waals surface area contributed by atoms with E-state index < -0.39 is 0 Å². The summed E-state index contributed by atoms with van der Waals surface area (Å²) in [5, 5.41) is 3.52. The van der Waals surface area contributed by atoms with E-state index in [1.54, 1.807) is 0 Å². The Morgan fingerprint density at radius 2 is 1.84 bits per heavy atom. The highest BCUT2D eigenvalue weighted by molar-refractivity contribution is 9.10. The molecule has 2 aromatic rings. The molecule has 0 saturated heterocycles. The van der Waals surface area contributed by atoms with Crippen molar-refractivity contribution in [2.24, 2.45) is 0 Å². The summed E-state index contributed by atoms with van der Waals surface area (Å²) < 4.78 is 1.18. The lowest BCUT2D eigenvalue weighted by Crippen LogP contribution is -2.13. The van der Waals surface area contributed by atoms with Gasteiger partial charge in [0.2, 0.25) is 0 Å². The molecule has 1 N–H and O–H groups in total. The van der Waals surface area contributed by atoms with Crippen molar-refractivity contribution in [2.45, 2.75) is 31.8 Å². The summed E-state index contributed by atoms with van der Waals surface area (Å²) >= 11 is 3.58. The molecule has 1 aliphatic carbocycles. The summed E-state index contributed by atoms with van der Waals surface area (Å²) in [6.07, 6.45) is 2.74. The van der Waals surface area contributed by atoms with Gasteiger partial charge in [0.15, 0.2) is 0 Å². The van der Waals surface area contributed by atoms with Crippen LogP contribution < -0.4 is 5.32 Å². The molecular weight excluding hydrogens is 298 g/mol. The highest BCUT2D eigenvalue weighted by atomic mass is 79.9. The summed E-state index contributed by atoms with van der Waals surface area (Å²) in [5.41, 5.74) is 4.21. The molecule has 98 valence electrons. The number of halogens is 1. The van der Waals surface area contributed by atoms with Gasteiger partial charge in [-0.3, -0.25) is 0 Å². The van der Waals surface area contributed by atoms with Crippen LogP contribution in [-0.4, -0.2) is 0 Å². The number of hydrogen-bond acceptors (Lipinski definition) is 1. The molecule has 0 heterocycles. The third-order valence-electron chi connectivity index (χ3n) is 3.60. The lowest BCUT2D eigenvalue weighted by molar-refractivity contribution is 0.691. The fraction of sp³-hybridized carbons (Fsp3) is 0.294. The Hall–Kier alpha value is -1.12. The standard InChI is InChI=1S/C17H18BrN/c18-17-7-2-1-5-16(17)12-19-11-13-4-3-6-15(10-13)14-8-9-14/h1-7,10,14,19H,8-9,11-12H2. The lowest BCUT2D eigenvalue weighted by atomic mass is 10.1. The van der Waals surface area contributed by atoms with E-state index in [1.807, 2.05) is 6.07 Å². The van der Waals surface area contributed by atoms with E-state index in [4.69, 9.17) is 0 Å². The second kappa shape index (κ2) is 5.89. The summed E-state index contributed by atoms with van der Waals surface area (Å²) in [5.74, 6) is 0.836. The molecule has 0 radical (unpaired) electrons. The van der Waals surface area contributed by atoms with E-state index in [0.29, 0.717) is 0 Å². The highest BCUT2D eigenvalue weighted by Crippen LogP contribution is 2.40. The number of rotatable bonds is 5. The van der Waals surface area contributed by atoms with Gasteiger partial charge in [0.05, 0.1) is 0 Å². The molecule has 0 spiro atoms. The van der Waals surface area contributed by atoms with E-state index in [0.717, 1.165) is 19.0 Å². The Kier molecular flexibility index (Phi) is 4.00. The molecule has 1 saturated carbocycles. The first-order chi connectivity index (χ1) is 9.33. The molecule has 0 amide bonds. The number of hydrogen-bond donors (Lipinski definition) is 1. The first-order valence-electron chi connectivity index (χ1n) is 6.86. The van der Waals surface area contributed by atoms with Gasteiger partial charge in [-0.15, -0.1) is 0 Å². The van der Waals surface area contributed by atoms with Gasteiger partial charge in [-0.1, -0.05) is 58.4 Å². The van der Waals surface area contributed by atoms with Crippen LogP contribution in [0.25, 0.3) is 0 Å². The fourth-order valence-electron chi connectivity index (χ4n) is 2.36. The van der Waals surface area contributed by atoms with Gasteiger partial charge in [0.25, 0.3) is 0 Å². The van der Waals surface area contributed by atoms with Crippen molar-refractivity contribution < 1.29 is 0 Å². The quantitative estimate of drug-likeness (QED) is 0.849. The Bertz CT molecular complexity index is 561. The zero-order valence-corrected chi connectivity index (χ0v) is 12.5. The summed E-state index contributed by atoms with van der Waals surface area (Å²) in [7, 11) is 0. The Morgan fingerprint density at radius 3 is 2.63 bits per heavy atom. The van der Waals surface area contributed by atoms with Crippen LogP contribution in [0.5, 0.6) is 0 Å². The molecular formula is C17H18BrN. The predicted molar refractivity (Wildman–Crippen MR) is 83.1 cm³/mol. The Labute approximate surface area is 123 Å². The minimum atomic E-state index is 0.836. The van der Waals surface area contributed by atoms with Crippen LogP contribution in [0.4, 0.5) is 0 Å². The smallest absolute Gasteiger partial charge is 0.0220 e. The molecule has 0 unspecified atom stereocenters. The van der Waals surface area contributed by atoms with Gasteiger partial charge >= 0.3 is 0 Å². The Morgan fingerprint density at radius 1 is 1.00 bits per heavy atom. The minimum Gasteiger partial charge on any atom is -0.309 e. The third-order valence-corrected chi connectivity index (χ3v) is 4.38. The van der Waals surface area contributed by atoms with Crippen molar-refractivity contribution in [3.05, 3.63) is 69.7 Å². The van der Waals surface area contributed by atoms with E-state index in [2.05, 4.69) is 63.7 Å². The lowest BCUT2D eigenvalue weighted by Gasteiger charge is -2.08. The van der Waals surface area contributed by atoms with Crippen LogP contribution in [0.3, 0.4) is 0 Å². The van der Waals surface area contributed by atoms with Crippen LogP contribution in [-0.2, 0) is 13.1 Å². The van der Waals surface area contributed by atoms with Gasteiger partial charge in [0, 0.05) is 17.6 Å². The normalized spacial score (nSPS) is 14.6. The Balaban J connectivity index is 1.57. The zero-order valence-electron chi connectivity index (χ0n) is 10.9. The number of benzene rings is 2. The van der Waals surface area contributed by atoms with Crippen LogP contribution >= 0.6 is 15.9 Å². The minimum absolute atomic E-state index is 0.836. The molecule has 1 fully saturated rings. The van der Waals surface area contributed by atoms with Crippen molar-refractivity contribution in [1.29, 1.82) is 0 Å². The molecule has 19 heavy (non-hydrogen) atoms. The first-order valence-corrected chi connectivity index (χ1v) is 7.65. The van der Waals surface area contributed by atoms with Crippen LogP contribution in [0, 0.1) is 0 Å². The van der Waals surface area contributed by atoms with Crippen molar-refractivity contribution in [3.63, 3.8) is 0 Å². The fourth-order valence-corrected chi connectivity index (χ4v) is 2.78. The molecule has 2 heteroatoms. The second-order valence-corrected chi connectivity index (χ2v) is 6.07. The largest absolute Gasteiger partial charge is 0.309 e. The maximum atomic E-state index is 3.58. The molecule has 1 nitrogen and oxygen atoms in total. The third kappa shape index (κ3) is 3.46. The topological polar surface area (TPSA) is 12.0 Å². The molecule has 2 aromatic carbocycles.